The third-order valence-electron chi connectivity index (χ3n) is 5.31. The van der Waals surface area contributed by atoms with Gasteiger partial charge in [-0.05, 0) is 23.8 Å². The first-order valence-electron chi connectivity index (χ1n) is 9.91. The van der Waals surface area contributed by atoms with E-state index in [4.69, 9.17) is 0 Å². The van der Waals surface area contributed by atoms with Gasteiger partial charge in [0.15, 0.2) is 0 Å². The summed E-state index contributed by atoms with van der Waals surface area (Å²) in [4.78, 5) is 24.5. The average Bonchev–Trinajstić information content (AvgIpc) is 3.13. The van der Waals surface area contributed by atoms with E-state index in [1.54, 1.807) is 17.7 Å². The molecule has 6 heteroatoms. The normalized spacial score (nSPS) is 19.7. The van der Waals surface area contributed by atoms with E-state index < -0.39 is 0 Å². The van der Waals surface area contributed by atoms with Crippen LogP contribution in [-0.4, -0.2) is 40.4 Å². The molecule has 1 aliphatic heterocycles. The fraction of sp³-hybridized carbons (Fsp3) is 0.409. The number of nitrogens with one attached hydrogen (secondary N) is 1. The SMILES string of the molecule is CC1CC(C)CN(C(=O)CCNc2ncnc3scc(-c4ccccc4)c23)C1. The van der Waals surface area contributed by atoms with Crippen molar-refractivity contribution in [3.05, 3.63) is 42.0 Å². The predicted molar refractivity (Wildman–Crippen MR) is 115 cm³/mol. The number of rotatable bonds is 5. The molecule has 1 aromatic carbocycles. The zero-order chi connectivity index (χ0) is 19.5. The number of amides is 1. The van der Waals surface area contributed by atoms with Crippen molar-refractivity contribution in [2.24, 2.45) is 11.8 Å². The van der Waals surface area contributed by atoms with Crippen LogP contribution in [0.3, 0.4) is 0 Å². The average molecular weight is 395 g/mol. The monoisotopic (exact) mass is 394 g/mol. The smallest absolute Gasteiger partial charge is 0.224 e. The number of hydrogen-bond acceptors (Lipinski definition) is 5. The molecule has 4 rings (SSSR count). The van der Waals surface area contributed by atoms with Gasteiger partial charge in [0, 0.05) is 37.0 Å². The van der Waals surface area contributed by atoms with Crippen molar-refractivity contribution in [2.75, 3.05) is 25.0 Å². The van der Waals surface area contributed by atoms with Crippen LogP contribution in [0, 0.1) is 11.8 Å². The molecule has 0 spiro atoms. The van der Waals surface area contributed by atoms with Gasteiger partial charge < -0.3 is 10.2 Å². The molecule has 0 aliphatic carbocycles. The van der Waals surface area contributed by atoms with Crippen LogP contribution >= 0.6 is 11.3 Å². The summed E-state index contributed by atoms with van der Waals surface area (Å²) in [6.45, 7) is 6.79. The van der Waals surface area contributed by atoms with Gasteiger partial charge in [0.25, 0.3) is 0 Å². The van der Waals surface area contributed by atoms with Crippen molar-refractivity contribution < 1.29 is 4.79 Å². The Morgan fingerprint density at radius 3 is 2.68 bits per heavy atom. The minimum atomic E-state index is 0.227. The van der Waals surface area contributed by atoms with E-state index in [2.05, 4.69) is 46.6 Å². The molecule has 3 heterocycles. The second-order valence-electron chi connectivity index (χ2n) is 7.84. The zero-order valence-electron chi connectivity index (χ0n) is 16.4. The molecule has 1 fully saturated rings. The molecule has 2 unspecified atom stereocenters. The molecule has 2 atom stereocenters. The van der Waals surface area contributed by atoms with Gasteiger partial charge in [-0.3, -0.25) is 4.79 Å². The van der Waals surface area contributed by atoms with Crippen LogP contribution in [0.2, 0.25) is 0 Å². The first-order chi connectivity index (χ1) is 13.6. The van der Waals surface area contributed by atoms with Crippen LogP contribution in [-0.2, 0) is 4.79 Å². The third-order valence-corrected chi connectivity index (χ3v) is 6.19. The number of hydrogen-bond donors (Lipinski definition) is 1. The van der Waals surface area contributed by atoms with E-state index in [0.29, 0.717) is 24.8 Å². The maximum atomic E-state index is 12.6. The van der Waals surface area contributed by atoms with Crippen molar-refractivity contribution in [1.82, 2.24) is 14.9 Å². The number of benzene rings is 1. The van der Waals surface area contributed by atoms with Gasteiger partial charge in [-0.2, -0.15) is 0 Å². The van der Waals surface area contributed by atoms with Gasteiger partial charge in [-0.15, -0.1) is 11.3 Å². The maximum Gasteiger partial charge on any atom is 0.224 e. The topological polar surface area (TPSA) is 58.1 Å². The molecule has 1 amide bonds. The summed E-state index contributed by atoms with van der Waals surface area (Å²) in [5, 5.41) is 6.54. The number of nitrogens with zero attached hydrogens (tertiary/aromatic N) is 3. The summed E-state index contributed by atoms with van der Waals surface area (Å²) in [5.74, 6) is 2.20. The minimum Gasteiger partial charge on any atom is -0.369 e. The summed E-state index contributed by atoms with van der Waals surface area (Å²) < 4.78 is 0. The molecular weight excluding hydrogens is 368 g/mol. The number of carbonyl (C=O) groups excluding carboxylic acids is 1. The molecule has 146 valence electrons. The number of anilines is 1. The Balaban J connectivity index is 1.47. The lowest BCUT2D eigenvalue weighted by molar-refractivity contribution is -0.133. The Labute approximate surface area is 169 Å². The van der Waals surface area contributed by atoms with Crippen LogP contribution in [0.5, 0.6) is 0 Å². The highest BCUT2D eigenvalue weighted by atomic mass is 32.1. The molecule has 28 heavy (non-hydrogen) atoms. The third kappa shape index (κ3) is 4.02. The number of carbonyl (C=O) groups is 1. The molecule has 1 aliphatic rings. The molecular formula is C22H26N4OS. The lowest BCUT2D eigenvalue weighted by Gasteiger charge is -2.35. The second kappa shape index (κ2) is 8.27. The lowest BCUT2D eigenvalue weighted by Crippen LogP contribution is -2.43. The van der Waals surface area contributed by atoms with E-state index in [-0.39, 0.29) is 5.91 Å². The summed E-state index contributed by atoms with van der Waals surface area (Å²) in [6.07, 6.45) is 3.28. The van der Waals surface area contributed by atoms with Crippen LogP contribution in [0.25, 0.3) is 21.3 Å². The van der Waals surface area contributed by atoms with Crippen LogP contribution in [0.1, 0.15) is 26.7 Å². The molecule has 0 bridgehead atoms. The van der Waals surface area contributed by atoms with Gasteiger partial charge in [-0.25, -0.2) is 9.97 Å². The van der Waals surface area contributed by atoms with Crippen molar-refractivity contribution >= 4 is 33.3 Å². The number of likely N-dealkylation sites (tertiary alicyclic amines) is 1. The molecule has 3 aromatic rings. The van der Waals surface area contributed by atoms with E-state index in [9.17, 15) is 4.79 Å². The number of piperidine rings is 1. The fourth-order valence-electron chi connectivity index (χ4n) is 4.15. The van der Waals surface area contributed by atoms with Gasteiger partial charge >= 0.3 is 0 Å². The quantitative estimate of drug-likeness (QED) is 0.683. The molecule has 1 saturated heterocycles. The standard InChI is InChI=1S/C22H26N4OS/c1-15-10-16(2)12-26(11-15)19(27)8-9-23-21-20-18(17-6-4-3-5-7-17)13-28-22(20)25-14-24-21/h3-7,13-16H,8-12H2,1-2H3,(H,23,24,25). The molecule has 0 saturated carbocycles. The van der Waals surface area contributed by atoms with Crippen LogP contribution < -0.4 is 5.32 Å². The van der Waals surface area contributed by atoms with E-state index in [1.807, 2.05) is 23.1 Å². The highest BCUT2D eigenvalue weighted by Crippen LogP contribution is 2.36. The van der Waals surface area contributed by atoms with Gasteiger partial charge in [-0.1, -0.05) is 44.2 Å². The van der Waals surface area contributed by atoms with Crippen molar-refractivity contribution in [2.45, 2.75) is 26.7 Å². The fourth-order valence-corrected chi connectivity index (χ4v) is 5.07. The lowest BCUT2D eigenvalue weighted by atomic mass is 9.92. The van der Waals surface area contributed by atoms with E-state index >= 15 is 0 Å². The van der Waals surface area contributed by atoms with Crippen molar-refractivity contribution in [3.8, 4) is 11.1 Å². The molecule has 5 nitrogen and oxygen atoms in total. The van der Waals surface area contributed by atoms with Gasteiger partial charge in [0.2, 0.25) is 5.91 Å². The second-order valence-corrected chi connectivity index (χ2v) is 8.70. The highest BCUT2D eigenvalue weighted by molar-refractivity contribution is 7.17. The van der Waals surface area contributed by atoms with Crippen molar-refractivity contribution in [1.29, 1.82) is 0 Å². The van der Waals surface area contributed by atoms with Crippen LogP contribution in [0.15, 0.2) is 42.0 Å². The van der Waals surface area contributed by atoms with Gasteiger partial charge in [0.1, 0.15) is 17.0 Å². The first-order valence-corrected chi connectivity index (χ1v) is 10.8. The van der Waals surface area contributed by atoms with E-state index in [1.165, 1.54) is 6.42 Å². The van der Waals surface area contributed by atoms with Gasteiger partial charge in [0.05, 0.1) is 5.39 Å². The summed E-state index contributed by atoms with van der Waals surface area (Å²) in [5.41, 5.74) is 2.28. The Kier molecular flexibility index (Phi) is 5.57. The number of fused-ring (bicyclic) bond motifs is 1. The highest BCUT2D eigenvalue weighted by Gasteiger charge is 2.25. The zero-order valence-corrected chi connectivity index (χ0v) is 17.2. The predicted octanol–water partition coefficient (Wildman–Crippen LogP) is 4.66. The summed E-state index contributed by atoms with van der Waals surface area (Å²) in [6, 6.07) is 10.3. The van der Waals surface area contributed by atoms with Crippen molar-refractivity contribution in [3.63, 3.8) is 0 Å². The maximum absolute atomic E-state index is 12.6. The Hall–Kier alpha value is -2.47. The Morgan fingerprint density at radius 1 is 1.18 bits per heavy atom. The number of thiophene rings is 1. The van der Waals surface area contributed by atoms with Crippen LogP contribution in [0.4, 0.5) is 5.82 Å². The molecule has 2 aromatic heterocycles. The first kappa shape index (κ1) is 18.9. The summed E-state index contributed by atoms with van der Waals surface area (Å²) >= 11 is 1.62. The van der Waals surface area contributed by atoms with E-state index in [0.717, 1.165) is 40.3 Å². The largest absolute Gasteiger partial charge is 0.369 e. The molecule has 1 N–H and O–H groups in total. The minimum absolute atomic E-state index is 0.227. The Bertz CT molecular complexity index is 946. The Morgan fingerprint density at radius 2 is 1.93 bits per heavy atom. The number of aromatic nitrogens is 2. The molecule has 0 radical (unpaired) electrons. The summed E-state index contributed by atoms with van der Waals surface area (Å²) in [7, 11) is 0.